The second-order valence-electron chi connectivity index (χ2n) is 6.72. The van der Waals surface area contributed by atoms with Crippen molar-refractivity contribution >= 4 is 34.5 Å². The highest BCUT2D eigenvalue weighted by atomic mass is 16.2. The van der Waals surface area contributed by atoms with E-state index < -0.39 is 5.91 Å². The number of hydrogen-bond acceptors (Lipinski definition) is 4. The SMILES string of the molecule is NCc1ccc(N/C(=C2\C(=O)Nc3cc(C(N)=O)ccc32)c2ccccc2)cc1. The molecule has 0 bridgehead atoms. The van der Waals surface area contributed by atoms with Crippen LogP contribution in [0.4, 0.5) is 11.4 Å². The molecular formula is C23H20N4O2. The Kier molecular flexibility index (Phi) is 4.85. The molecule has 0 aromatic heterocycles. The van der Waals surface area contributed by atoms with E-state index in [1.807, 2.05) is 54.6 Å². The first-order chi connectivity index (χ1) is 14.1. The first-order valence-electron chi connectivity index (χ1n) is 9.18. The minimum atomic E-state index is -0.541. The van der Waals surface area contributed by atoms with Crippen LogP contribution in [0.25, 0.3) is 11.3 Å². The average molecular weight is 384 g/mol. The van der Waals surface area contributed by atoms with E-state index in [0.717, 1.165) is 16.8 Å². The number of nitrogens with one attached hydrogen (secondary N) is 2. The Morgan fingerprint density at radius 1 is 0.931 bits per heavy atom. The molecule has 3 aromatic rings. The zero-order valence-corrected chi connectivity index (χ0v) is 15.6. The van der Waals surface area contributed by atoms with Crippen molar-refractivity contribution in [1.82, 2.24) is 0 Å². The number of benzene rings is 3. The number of carbonyl (C=O) groups excluding carboxylic acids is 2. The quantitative estimate of drug-likeness (QED) is 0.506. The van der Waals surface area contributed by atoms with E-state index in [1.54, 1.807) is 18.2 Å². The molecule has 0 aliphatic carbocycles. The first kappa shape index (κ1) is 18.5. The molecule has 1 aliphatic rings. The Bertz CT molecular complexity index is 1120. The largest absolute Gasteiger partial charge is 0.366 e. The molecule has 0 spiro atoms. The second kappa shape index (κ2) is 7.61. The molecule has 144 valence electrons. The van der Waals surface area contributed by atoms with E-state index in [-0.39, 0.29) is 5.91 Å². The maximum Gasteiger partial charge on any atom is 0.258 e. The summed E-state index contributed by atoms with van der Waals surface area (Å²) in [5.41, 5.74) is 16.6. The highest BCUT2D eigenvalue weighted by Crippen LogP contribution is 2.38. The predicted octanol–water partition coefficient (Wildman–Crippen LogP) is 3.18. The normalized spacial score (nSPS) is 14.2. The van der Waals surface area contributed by atoms with E-state index in [2.05, 4.69) is 10.6 Å². The van der Waals surface area contributed by atoms with Gasteiger partial charge < -0.3 is 22.1 Å². The lowest BCUT2D eigenvalue weighted by atomic mass is 9.99. The van der Waals surface area contributed by atoms with Crippen molar-refractivity contribution in [1.29, 1.82) is 0 Å². The van der Waals surface area contributed by atoms with Gasteiger partial charge in [0.15, 0.2) is 0 Å². The molecule has 0 fully saturated rings. The standard InChI is InChI=1S/C23H20N4O2/c24-13-14-6-9-17(10-7-14)26-21(15-4-2-1-3-5-15)20-18-11-8-16(22(25)28)12-19(18)27-23(20)29/h1-12,26H,13,24H2,(H2,25,28)(H,27,29)/b21-20-. The van der Waals surface area contributed by atoms with Crippen molar-refractivity contribution in [3.8, 4) is 0 Å². The van der Waals surface area contributed by atoms with Gasteiger partial charge >= 0.3 is 0 Å². The predicted molar refractivity (Wildman–Crippen MR) is 115 cm³/mol. The minimum Gasteiger partial charge on any atom is -0.366 e. The highest BCUT2D eigenvalue weighted by molar-refractivity contribution is 6.37. The van der Waals surface area contributed by atoms with E-state index in [9.17, 15) is 9.59 Å². The van der Waals surface area contributed by atoms with Crippen molar-refractivity contribution in [2.75, 3.05) is 10.6 Å². The van der Waals surface area contributed by atoms with Gasteiger partial charge in [0.1, 0.15) is 0 Å². The summed E-state index contributed by atoms with van der Waals surface area (Å²) in [6.45, 7) is 0.463. The minimum absolute atomic E-state index is 0.244. The average Bonchev–Trinajstić information content (AvgIpc) is 3.07. The molecule has 0 atom stereocenters. The molecular weight excluding hydrogens is 364 g/mol. The fourth-order valence-corrected chi connectivity index (χ4v) is 3.33. The number of rotatable bonds is 5. The fraction of sp³-hybridized carbons (Fsp3) is 0.0435. The van der Waals surface area contributed by atoms with Gasteiger partial charge in [-0.3, -0.25) is 9.59 Å². The molecule has 0 saturated carbocycles. The summed E-state index contributed by atoms with van der Waals surface area (Å²) in [5.74, 6) is -0.785. The van der Waals surface area contributed by atoms with Gasteiger partial charge in [-0.1, -0.05) is 48.5 Å². The summed E-state index contributed by atoms with van der Waals surface area (Å²) in [5, 5.41) is 6.22. The van der Waals surface area contributed by atoms with Gasteiger partial charge in [-0.05, 0) is 35.4 Å². The van der Waals surface area contributed by atoms with Gasteiger partial charge in [0.2, 0.25) is 5.91 Å². The van der Waals surface area contributed by atoms with Crippen LogP contribution >= 0.6 is 0 Å². The lowest BCUT2D eigenvalue weighted by Crippen LogP contribution is -2.11. The molecule has 2 amide bonds. The van der Waals surface area contributed by atoms with Gasteiger partial charge in [-0.15, -0.1) is 0 Å². The number of carbonyl (C=O) groups is 2. The topological polar surface area (TPSA) is 110 Å². The number of hydrogen-bond donors (Lipinski definition) is 4. The van der Waals surface area contributed by atoms with E-state index in [0.29, 0.717) is 34.6 Å². The Morgan fingerprint density at radius 2 is 1.66 bits per heavy atom. The zero-order valence-electron chi connectivity index (χ0n) is 15.6. The zero-order chi connectivity index (χ0) is 20.4. The molecule has 0 saturated heterocycles. The summed E-state index contributed by atoms with van der Waals surface area (Å²) >= 11 is 0. The van der Waals surface area contributed by atoms with Crippen molar-refractivity contribution in [2.24, 2.45) is 11.5 Å². The summed E-state index contributed by atoms with van der Waals surface area (Å²) in [4.78, 5) is 24.4. The van der Waals surface area contributed by atoms with Crippen LogP contribution in [0.5, 0.6) is 0 Å². The van der Waals surface area contributed by atoms with Crippen molar-refractivity contribution < 1.29 is 9.59 Å². The molecule has 6 nitrogen and oxygen atoms in total. The first-order valence-corrected chi connectivity index (χ1v) is 9.18. The van der Waals surface area contributed by atoms with Crippen LogP contribution in [0.15, 0.2) is 72.8 Å². The summed E-state index contributed by atoms with van der Waals surface area (Å²) in [6, 6.07) is 22.3. The van der Waals surface area contributed by atoms with Crippen LogP contribution in [0.2, 0.25) is 0 Å². The van der Waals surface area contributed by atoms with E-state index in [1.165, 1.54) is 0 Å². The van der Waals surface area contributed by atoms with E-state index in [4.69, 9.17) is 11.5 Å². The summed E-state index contributed by atoms with van der Waals surface area (Å²) < 4.78 is 0. The summed E-state index contributed by atoms with van der Waals surface area (Å²) in [6.07, 6.45) is 0. The Balaban J connectivity index is 1.85. The maximum atomic E-state index is 12.9. The molecule has 6 heteroatoms. The van der Waals surface area contributed by atoms with Crippen LogP contribution in [0, 0.1) is 0 Å². The Labute approximate surface area is 168 Å². The van der Waals surface area contributed by atoms with Crippen molar-refractivity contribution in [3.05, 3.63) is 95.1 Å². The summed E-state index contributed by atoms with van der Waals surface area (Å²) in [7, 11) is 0. The molecule has 29 heavy (non-hydrogen) atoms. The van der Waals surface area contributed by atoms with Gasteiger partial charge in [0.25, 0.3) is 5.91 Å². The van der Waals surface area contributed by atoms with E-state index >= 15 is 0 Å². The molecule has 1 aliphatic heterocycles. The number of primary amides is 1. The van der Waals surface area contributed by atoms with Gasteiger partial charge in [0.05, 0.1) is 11.3 Å². The molecule has 6 N–H and O–H groups in total. The van der Waals surface area contributed by atoms with Crippen LogP contribution in [-0.2, 0) is 11.3 Å². The molecule has 1 heterocycles. The van der Waals surface area contributed by atoms with Gasteiger partial charge in [-0.2, -0.15) is 0 Å². The second-order valence-corrected chi connectivity index (χ2v) is 6.72. The Hall–Kier alpha value is -3.90. The number of amides is 2. The third kappa shape index (κ3) is 3.61. The lowest BCUT2D eigenvalue weighted by molar-refractivity contribution is -0.110. The molecule has 3 aromatic carbocycles. The van der Waals surface area contributed by atoms with Crippen LogP contribution in [0.3, 0.4) is 0 Å². The van der Waals surface area contributed by atoms with Gasteiger partial charge in [-0.25, -0.2) is 0 Å². The van der Waals surface area contributed by atoms with Crippen LogP contribution in [0.1, 0.15) is 27.0 Å². The van der Waals surface area contributed by atoms with Crippen molar-refractivity contribution in [2.45, 2.75) is 6.54 Å². The molecule has 0 unspecified atom stereocenters. The highest BCUT2D eigenvalue weighted by Gasteiger charge is 2.29. The maximum absolute atomic E-state index is 12.9. The lowest BCUT2D eigenvalue weighted by Gasteiger charge is -2.15. The monoisotopic (exact) mass is 384 g/mol. The number of nitrogens with two attached hydrogens (primary N) is 2. The third-order valence-corrected chi connectivity index (χ3v) is 4.82. The van der Waals surface area contributed by atoms with Crippen LogP contribution in [-0.4, -0.2) is 11.8 Å². The number of fused-ring (bicyclic) bond motifs is 1. The fourth-order valence-electron chi connectivity index (χ4n) is 3.33. The number of anilines is 2. The Morgan fingerprint density at radius 3 is 2.31 bits per heavy atom. The molecule has 4 rings (SSSR count). The van der Waals surface area contributed by atoms with Crippen molar-refractivity contribution in [3.63, 3.8) is 0 Å². The third-order valence-electron chi connectivity index (χ3n) is 4.82. The van der Waals surface area contributed by atoms with Crippen LogP contribution < -0.4 is 22.1 Å². The smallest absolute Gasteiger partial charge is 0.258 e. The van der Waals surface area contributed by atoms with Gasteiger partial charge in [0, 0.05) is 29.0 Å². The molecule has 0 radical (unpaired) electrons.